The number of rotatable bonds is 3. The maximum absolute atomic E-state index is 9.88. The lowest BCUT2D eigenvalue weighted by Crippen LogP contribution is -2.09. The summed E-state index contributed by atoms with van der Waals surface area (Å²) in [5.74, 6) is 8.01. The van der Waals surface area contributed by atoms with Crippen molar-refractivity contribution in [1.82, 2.24) is 0 Å². The first-order valence-electron chi connectivity index (χ1n) is 32.7. The van der Waals surface area contributed by atoms with Crippen LogP contribution in [-0.4, -0.2) is 94.6 Å². The monoisotopic (exact) mass is 1210 g/mol. The Hall–Kier alpha value is -7.04. The number of aliphatic hydroxyl groups excluding tert-OH is 3. The minimum absolute atomic E-state index is 0.0423. The van der Waals surface area contributed by atoms with Crippen molar-refractivity contribution in [1.29, 1.82) is 0 Å². The molecule has 0 aromatic heterocycles. The summed E-state index contributed by atoms with van der Waals surface area (Å²) in [5, 5.41) is 29.6. The van der Waals surface area contributed by atoms with E-state index in [0.29, 0.717) is 128 Å². The first kappa shape index (κ1) is 64.0. The van der Waals surface area contributed by atoms with Gasteiger partial charge in [0.1, 0.15) is 17.2 Å². The molecule has 0 atom stereocenters. The molecule has 0 amide bonds. The van der Waals surface area contributed by atoms with E-state index in [1.54, 1.807) is 0 Å². The maximum Gasteiger partial charge on any atom is 0.161 e. The molecule has 0 unspecified atom stereocenters. The first-order valence-corrected chi connectivity index (χ1v) is 32.7. The molecule has 15 nitrogen and oxygen atoms in total. The lowest BCUT2D eigenvalue weighted by atomic mass is 9.93. The van der Waals surface area contributed by atoms with Gasteiger partial charge in [-0.25, -0.2) is 0 Å². The summed E-state index contributed by atoms with van der Waals surface area (Å²) in [7, 11) is 0. The van der Waals surface area contributed by atoms with Gasteiger partial charge in [0.25, 0.3) is 0 Å². The largest absolute Gasteiger partial charge is 0.493 e. The van der Waals surface area contributed by atoms with Gasteiger partial charge in [-0.1, -0.05) is 24.3 Å². The molecular formula is C73H92O15. The molecule has 2 bridgehead atoms. The molecule has 0 saturated carbocycles. The minimum Gasteiger partial charge on any atom is -0.493 e. The predicted octanol–water partition coefficient (Wildman–Crippen LogP) is 14.1. The van der Waals surface area contributed by atoms with E-state index in [1.165, 1.54) is 0 Å². The third-order valence-electron chi connectivity index (χ3n) is 16.6. The van der Waals surface area contributed by atoms with E-state index in [-0.39, 0.29) is 19.8 Å². The maximum atomic E-state index is 9.88. The summed E-state index contributed by atoms with van der Waals surface area (Å²) in [4.78, 5) is 0. The molecule has 3 aliphatic heterocycles. The molecule has 4 aliphatic rings. The average Bonchev–Trinajstić information content (AvgIpc) is 1.96. The van der Waals surface area contributed by atoms with E-state index in [1.807, 2.05) is 54.6 Å². The van der Waals surface area contributed by atoms with Crippen molar-refractivity contribution in [3.8, 4) is 63.2 Å². The van der Waals surface area contributed by atoms with Gasteiger partial charge in [-0.05, 0) is 234 Å². The van der Waals surface area contributed by atoms with Crippen LogP contribution in [0.5, 0.6) is 63.2 Å². The van der Waals surface area contributed by atoms with Crippen molar-refractivity contribution in [3.63, 3.8) is 0 Å². The zero-order valence-corrected chi connectivity index (χ0v) is 51.6. The molecule has 10 rings (SSSR count). The van der Waals surface area contributed by atoms with Crippen LogP contribution in [0.3, 0.4) is 0 Å². The van der Waals surface area contributed by atoms with Gasteiger partial charge in [0.2, 0.25) is 0 Å². The molecule has 6 aromatic carbocycles. The number of hydrogen-bond donors (Lipinski definition) is 3. The van der Waals surface area contributed by atoms with E-state index in [2.05, 4.69) is 36.4 Å². The van der Waals surface area contributed by atoms with Gasteiger partial charge in [-0.3, -0.25) is 0 Å². The van der Waals surface area contributed by atoms with Gasteiger partial charge in [0.05, 0.1) is 99.1 Å². The molecule has 0 spiro atoms. The molecule has 0 radical (unpaired) electrons. The molecule has 474 valence electrons. The third-order valence-corrected chi connectivity index (χ3v) is 16.6. The third kappa shape index (κ3) is 19.0. The van der Waals surface area contributed by atoms with E-state index < -0.39 is 0 Å². The molecule has 0 saturated heterocycles. The SMILES string of the molecule is OCc1ccc2c(c1)OCCCCCOc1cc3c(cc1OCCCCCOC2)Cc1cc2c(cc1Cc1c(cc4cc1OCCCCCOc1cc(CO)ccc1OCCCCCO4)C3)OCCCCCOc1ccc(CO)cc1OCCCCCO2. The number of ether oxygens (including phenoxy) is 12. The molecule has 88 heavy (non-hydrogen) atoms. The number of benzene rings is 6. The van der Waals surface area contributed by atoms with Gasteiger partial charge >= 0.3 is 0 Å². The smallest absolute Gasteiger partial charge is 0.161 e. The van der Waals surface area contributed by atoms with Crippen LogP contribution in [0.1, 0.15) is 171 Å². The van der Waals surface area contributed by atoms with Crippen LogP contribution in [0.2, 0.25) is 0 Å². The van der Waals surface area contributed by atoms with Gasteiger partial charge in [0.15, 0.2) is 46.0 Å². The topological polar surface area (TPSA) is 171 Å². The first-order chi connectivity index (χ1) is 43.5. The van der Waals surface area contributed by atoms with Crippen LogP contribution in [-0.2, 0) is 50.4 Å². The number of fused-ring (bicyclic) bond motifs is 11. The fourth-order valence-corrected chi connectivity index (χ4v) is 11.5. The van der Waals surface area contributed by atoms with Crippen LogP contribution < -0.4 is 52.1 Å². The van der Waals surface area contributed by atoms with Gasteiger partial charge in [-0.15, -0.1) is 0 Å². The highest BCUT2D eigenvalue weighted by Crippen LogP contribution is 2.43. The standard InChI is InChI=1S/C73H92O15/c74-49-53-19-22-56-52-77-25-7-1-9-33-85-70-44-57-40-58-45-71-73(88-36-16-3-11-28-80-65-24-21-55(51-76)39-69(65)84-32-15-6-18-35-86-71)47-60(58)43-63-61(41-59(57)46-72(70)87-34-17-4-12-29-81-66(56)37-53)42-62-48-67(63)82-30-13-5-14-31-83-68-38-54(50-75)20-23-64(68)79-27-10-2-8-26-78-62/h19-24,37-39,42,44-48,74-76H,1-18,25-36,40-41,43,49-52H2. The Morgan fingerprint density at radius 1 is 0.239 bits per heavy atom. The van der Waals surface area contributed by atoms with Gasteiger partial charge in [-0.2, -0.15) is 0 Å². The Morgan fingerprint density at radius 2 is 0.557 bits per heavy atom. The summed E-state index contributed by atoms with van der Waals surface area (Å²) in [6.07, 6.45) is 17.4. The molecule has 3 heterocycles. The van der Waals surface area contributed by atoms with Crippen molar-refractivity contribution >= 4 is 0 Å². The second-order valence-corrected chi connectivity index (χ2v) is 23.5. The lowest BCUT2D eigenvalue weighted by molar-refractivity contribution is 0.113. The Kier molecular flexibility index (Phi) is 25.2. The zero-order chi connectivity index (χ0) is 60.4. The van der Waals surface area contributed by atoms with Crippen molar-refractivity contribution < 1.29 is 72.2 Å². The second-order valence-electron chi connectivity index (χ2n) is 23.5. The van der Waals surface area contributed by atoms with Crippen molar-refractivity contribution in [2.75, 3.05) is 79.3 Å². The fraction of sp³-hybridized carbons (Fsp3) is 0.507. The minimum atomic E-state index is -0.0637. The molecule has 6 aromatic rings. The van der Waals surface area contributed by atoms with Gasteiger partial charge < -0.3 is 72.2 Å². The summed E-state index contributed by atoms with van der Waals surface area (Å²) in [6.45, 7) is 6.73. The summed E-state index contributed by atoms with van der Waals surface area (Å²) >= 11 is 0. The Balaban J connectivity index is 0.951. The zero-order valence-electron chi connectivity index (χ0n) is 51.6. The van der Waals surface area contributed by atoms with Crippen LogP contribution in [0.15, 0.2) is 91.0 Å². The van der Waals surface area contributed by atoms with E-state index in [0.717, 1.165) is 211 Å². The summed E-state index contributed by atoms with van der Waals surface area (Å²) in [5.41, 5.74) is 10.2. The van der Waals surface area contributed by atoms with Crippen molar-refractivity contribution in [2.24, 2.45) is 0 Å². The Morgan fingerprint density at radius 3 is 0.977 bits per heavy atom. The number of hydrogen-bond acceptors (Lipinski definition) is 15. The van der Waals surface area contributed by atoms with Gasteiger partial charge in [0, 0.05) is 30.2 Å². The number of aliphatic hydroxyl groups is 3. The van der Waals surface area contributed by atoms with E-state index in [9.17, 15) is 15.3 Å². The highest BCUT2D eigenvalue weighted by Gasteiger charge is 2.25. The van der Waals surface area contributed by atoms with Crippen LogP contribution in [0, 0.1) is 0 Å². The van der Waals surface area contributed by atoms with Crippen LogP contribution in [0.4, 0.5) is 0 Å². The fourth-order valence-electron chi connectivity index (χ4n) is 11.5. The molecule has 3 N–H and O–H groups in total. The highest BCUT2D eigenvalue weighted by atomic mass is 16.5. The Labute approximate surface area is 520 Å². The lowest BCUT2D eigenvalue weighted by Gasteiger charge is -2.20. The Bertz CT molecular complexity index is 3120. The van der Waals surface area contributed by atoms with E-state index in [4.69, 9.17) is 56.8 Å². The van der Waals surface area contributed by atoms with E-state index >= 15 is 0 Å². The van der Waals surface area contributed by atoms with Crippen LogP contribution >= 0.6 is 0 Å². The van der Waals surface area contributed by atoms with Crippen LogP contribution in [0.25, 0.3) is 0 Å². The quantitative estimate of drug-likeness (QED) is 0.152. The molecular weight excluding hydrogens is 1120 g/mol. The molecule has 15 heteroatoms. The molecule has 0 fully saturated rings. The van der Waals surface area contributed by atoms with Crippen molar-refractivity contribution in [2.45, 2.75) is 161 Å². The normalized spacial score (nSPS) is 17.7. The average molecular weight is 1210 g/mol. The summed E-state index contributed by atoms with van der Waals surface area (Å²) in [6, 6.07) is 30.4. The second kappa shape index (κ2) is 34.6. The van der Waals surface area contributed by atoms with Crippen molar-refractivity contribution in [3.05, 3.63) is 147 Å². The predicted molar refractivity (Wildman–Crippen MR) is 338 cm³/mol. The molecule has 1 aliphatic carbocycles. The highest BCUT2D eigenvalue weighted by molar-refractivity contribution is 5.59. The summed E-state index contributed by atoms with van der Waals surface area (Å²) < 4.78 is 78.2.